The highest BCUT2D eigenvalue weighted by Gasteiger charge is 2.33. The molecule has 67 heavy (non-hydrogen) atoms. The molecule has 0 N–H and O–H groups in total. The summed E-state index contributed by atoms with van der Waals surface area (Å²) in [6, 6.07) is 52.8. The summed E-state index contributed by atoms with van der Waals surface area (Å²) in [7, 11) is 0. The van der Waals surface area contributed by atoms with Crippen LogP contribution in [-0.4, -0.2) is 18.3 Å². The normalized spacial score (nSPS) is 15.6. The molecule has 0 amide bonds. The Morgan fingerprint density at radius 2 is 0.985 bits per heavy atom. The van der Waals surface area contributed by atoms with Crippen molar-refractivity contribution >= 4 is 88.1 Å². The summed E-state index contributed by atoms with van der Waals surface area (Å²) in [4.78, 5) is 0. The molecule has 0 saturated heterocycles. The first kappa shape index (κ1) is 40.0. The summed E-state index contributed by atoms with van der Waals surface area (Å²) >= 11 is 0. The Kier molecular flexibility index (Phi) is 8.57. The van der Waals surface area contributed by atoms with Gasteiger partial charge in [0.2, 0.25) is 0 Å². The minimum Gasteiger partial charge on any atom is -0.316 e. The van der Waals surface area contributed by atoms with Crippen molar-refractivity contribution in [1.29, 1.82) is 0 Å². The maximum Gasteiger partial charge on any atom is 0.0645 e. The summed E-state index contributed by atoms with van der Waals surface area (Å²) in [6.45, 7) is 16.7. The number of hydrogen-bond donors (Lipinski definition) is 0. The van der Waals surface area contributed by atoms with Gasteiger partial charge in [-0.3, -0.25) is 0 Å². The highest BCUT2D eigenvalue weighted by Crippen LogP contribution is 2.52. The summed E-state index contributed by atoms with van der Waals surface area (Å²) in [5, 5.41) is 9.07. The minimum atomic E-state index is -0.173. The van der Waals surface area contributed by atoms with Gasteiger partial charge in [-0.15, -0.1) is 0 Å². The van der Waals surface area contributed by atoms with E-state index in [2.05, 4.69) is 237 Å². The maximum absolute atomic E-state index is 2.65. The summed E-state index contributed by atoms with van der Waals surface area (Å²) < 4.78 is 10.4. The molecule has 4 heterocycles. The van der Waals surface area contributed by atoms with Gasteiger partial charge in [0.1, 0.15) is 0 Å². The van der Waals surface area contributed by atoms with Gasteiger partial charge in [0.15, 0.2) is 0 Å². The lowest BCUT2D eigenvalue weighted by atomic mass is 9.82. The Balaban J connectivity index is 1.31. The molecule has 7 aromatic carbocycles. The molecular weight excluding hydrogens is 813 g/mol. The van der Waals surface area contributed by atoms with Crippen molar-refractivity contribution in [2.75, 3.05) is 0 Å². The van der Waals surface area contributed by atoms with E-state index in [1.165, 1.54) is 110 Å². The smallest absolute Gasteiger partial charge is 0.0645 e. The monoisotopic (exact) mass is 868 g/mol. The third-order valence-electron chi connectivity index (χ3n) is 15.1. The standard InChI is InChI=1S/C63H56N4/c1-39-22-14-18-30-49(39)67-50-31-19-15-27-43(50)46-36-42(34-35-53(46)67)64-54-37-47(62(2,3)4)56-44-28-16-20-32-51(44)65(40-23-10-8-11-24-40)60(56)58(54)59-55(64)38-48(63(5,6)7)57-45-29-17-21-33-52(45)66(61(57)59)41-25-12-9-13-26-41/h8-18,20-21,23-30,32-39H,19,22,31H2,1-7H3. The molecule has 0 radical (unpaired) electrons. The van der Waals surface area contributed by atoms with Crippen molar-refractivity contribution in [3.05, 3.63) is 186 Å². The van der Waals surface area contributed by atoms with E-state index in [1.807, 2.05) is 0 Å². The number of fused-ring (bicyclic) bond motifs is 14. The van der Waals surface area contributed by atoms with Crippen LogP contribution in [0, 0.1) is 5.92 Å². The molecule has 0 bridgehead atoms. The molecule has 11 aromatic rings. The molecule has 1 atom stereocenters. The van der Waals surface area contributed by atoms with Crippen molar-refractivity contribution in [2.45, 2.75) is 78.6 Å². The number of hydrogen-bond acceptors (Lipinski definition) is 0. The minimum absolute atomic E-state index is 0.173. The molecule has 4 heteroatoms. The zero-order valence-electron chi connectivity index (χ0n) is 39.7. The van der Waals surface area contributed by atoms with Crippen LogP contribution in [0.15, 0.2) is 164 Å². The lowest BCUT2D eigenvalue weighted by Gasteiger charge is -2.23. The van der Waals surface area contributed by atoms with Crippen LogP contribution in [0.4, 0.5) is 0 Å². The van der Waals surface area contributed by atoms with E-state index >= 15 is 0 Å². The third-order valence-corrected chi connectivity index (χ3v) is 15.1. The highest BCUT2D eigenvalue weighted by atomic mass is 15.0. The van der Waals surface area contributed by atoms with E-state index in [9.17, 15) is 0 Å². The molecule has 4 nitrogen and oxygen atoms in total. The fourth-order valence-electron chi connectivity index (χ4n) is 12.1. The van der Waals surface area contributed by atoms with Gasteiger partial charge < -0.3 is 18.3 Å². The number of allylic oxidation sites excluding steroid dienone is 5. The van der Waals surface area contributed by atoms with E-state index in [0.29, 0.717) is 5.92 Å². The topological polar surface area (TPSA) is 19.7 Å². The summed E-state index contributed by atoms with van der Waals surface area (Å²) in [5.74, 6) is 0.441. The fraction of sp³-hybridized carbons (Fsp3) is 0.206. The number of nitrogens with zero attached hydrogens (tertiary/aromatic N) is 4. The fourth-order valence-corrected chi connectivity index (χ4v) is 12.1. The van der Waals surface area contributed by atoms with Gasteiger partial charge in [0, 0.05) is 77.6 Å². The largest absolute Gasteiger partial charge is 0.316 e. The molecule has 2 aliphatic rings. The van der Waals surface area contributed by atoms with E-state index in [-0.39, 0.29) is 10.8 Å². The molecule has 0 saturated carbocycles. The first-order chi connectivity index (χ1) is 32.5. The summed E-state index contributed by atoms with van der Waals surface area (Å²) in [6.07, 6.45) is 14.8. The van der Waals surface area contributed by atoms with Crippen LogP contribution in [0.5, 0.6) is 0 Å². The Bertz CT molecular complexity index is 3760. The Hall–Kier alpha value is -7.30. The molecule has 0 spiro atoms. The van der Waals surface area contributed by atoms with Gasteiger partial charge in [-0.25, -0.2) is 0 Å². The lowest BCUT2D eigenvalue weighted by molar-refractivity contribution is 0.596. The second-order valence-electron chi connectivity index (χ2n) is 21.3. The number of rotatable bonds is 4. The van der Waals surface area contributed by atoms with Crippen LogP contribution in [-0.2, 0) is 17.3 Å². The second kappa shape index (κ2) is 14.3. The van der Waals surface area contributed by atoms with Crippen LogP contribution < -0.4 is 0 Å². The average Bonchev–Trinajstić information content (AvgIpc) is 4.06. The van der Waals surface area contributed by atoms with Crippen LogP contribution in [0.3, 0.4) is 0 Å². The molecule has 2 aliphatic carbocycles. The Labute approximate surface area is 392 Å². The van der Waals surface area contributed by atoms with Gasteiger partial charge in [-0.05, 0) is 114 Å². The number of aromatic nitrogens is 4. The van der Waals surface area contributed by atoms with Gasteiger partial charge >= 0.3 is 0 Å². The van der Waals surface area contributed by atoms with Crippen molar-refractivity contribution in [2.24, 2.45) is 5.92 Å². The van der Waals surface area contributed by atoms with Gasteiger partial charge in [0.25, 0.3) is 0 Å². The van der Waals surface area contributed by atoms with Gasteiger partial charge in [-0.2, -0.15) is 0 Å². The van der Waals surface area contributed by atoms with Crippen molar-refractivity contribution < 1.29 is 0 Å². The Morgan fingerprint density at radius 1 is 0.463 bits per heavy atom. The Morgan fingerprint density at radius 3 is 1.52 bits per heavy atom. The zero-order chi connectivity index (χ0) is 45.5. The predicted octanol–water partition coefficient (Wildman–Crippen LogP) is 16.9. The number of benzene rings is 7. The molecular formula is C63H56N4. The van der Waals surface area contributed by atoms with Crippen LogP contribution in [0.25, 0.3) is 105 Å². The highest BCUT2D eigenvalue weighted by molar-refractivity contribution is 6.34. The van der Waals surface area contributed by atoms with Crippen molar-refractivity contribution in [3.63, 3.8) is 0 Å². The van der Waals surface area contributed by atoms with Gasteiger partial charge in [-0.1, -0.05) is 146 Å². The first-order valence-electron chi connectivity index (χ1n) is 24.3. The third kappa shape index (κ3) is 5.72. The predicted molar refractivity (Wildman–Crippen MR) is 287 cm³/mol. The molecule has 0 fully saturated rings. The van der Waals surface area contributed by atoms with Crippen LogP contribution in [0.1, 0.15) is 83.7 Å². The second-order valence-corrected chi connectivity index (χ2v) is 21.3. The average molecular weight is 869 g/mol. The molecule has 0 aliphatic heterocycles. The van der Waals surface area contributed by atoms with Crippen molar-refractivity contribution in [1.82, 2.24) is 18.3 Å². The maximum atomic E-state index is 2.65. The first-order valence-corrected chi connectivity index (χ1v) is 24.3. The molecule has 1 unspecified atom stereocenters. The SMILES string of the molecule is CC1CC=CC=C1n1c2c(c3cc(-n4c5cc(C(C)(C)C)c6c7ccccc7n(-c7ccccc7)c6c5c5c4cc(C(C)(C)C)c4c6ccccc6n(-c6ccccc6)c45)ccc31)C=CCC2. The van der Waals surface area contributed by atoms with Crippen molar-refractivity contribution in [3.8, 4) is 17.1 Å². The van der Waals surface area contributed by atoms with Crippen LogP contribution >= 0.6 is 0 Å². The van der Waals surface area contributed by atoms with E-state index in [1.54, 1.807) is 0 Å². The zero-order valence-corrected chi connectivity index (χ0v) is 39.7. The lowest BCUT2D eigenvalue weighted by Crippen LogP contribution is -2.12. The van der Waals surface area contributed by atoms with Gasteiger partial charge in [0.05, 0.1) is 38.6 Å². The summed E-state index contributed by atoms with van der Waals surface area (Å²) in [5.41, 5.74) is 18.7. The van der Waals surface area contributed by atoms with E-state index < -0.39 is 0 Å². The molecule has 328 valence electrons. The molecule has 13 rings (SSSR count). The molecule has 4 aromatic heterocycles. The van der Waals surface area contributed by atoms with Crippen LogP contribution in [0.2, 0.25) is 0 Å². The number of para-hydroxylation sites is 4. The van der Waals surface area contributed by atoms with E-state index in [4.69, 9.17) is 0 Å². The quantitative estimate of drug-likeness (QED) is 0.168. The van der Waals surface area contributed by atoms with E-state index in [0.717, 1.165) is 30.6 Å².